The van der Waals surface area contributed by atoms with Gasteiger partial charge in [0, 0.05) is 31.4 Å². The molecule has 0 aliphatic carbocycles. The molecule has 40 heavy (non-hydrogen) atoms. The van der Waals surface area contributed by atoms with Crippen molar-refractivity contribution in [1.82, 2.24) is 34.6 Å². The molecule has 0 spiro atoms. The third kappa shape index (κ3) is 8.95. The fourth-order valence-corrected chi connectivity index (χ4v) is 3.19. The first-order chi connectivity index (χ1) is 18.6. The van der Waals surface area contributed by atoms with Crippen molar-refractivity contribution in [3.8, 4) is 0 Å². The molecule has 13 nitrogen and oxygen atoms in total. The van der Waals surface area contributed by atoms with E-state index >= 15 is 0 Å². The second-order valence-electron chi connectivity index (χ2n) is 7.73. The number of halogens is 6. The van der Waals surface area contributed by atoms with Gasteiger partial charge in [0.25, 0.3) is 0 Å². The number of aryl methyl sites for hydroxylation is 1. The number of hydrogen-bond donors (Lipinski definition) is 4. The van der Waals surface area contributed by atoms with Gasteiger partial charge in [-0.3, -0.25) is 15.0 Å². The maximum atomic E-state index is 12.9. The molecule has 218 valence electrons. The Labute approximate surface area is 220 Å². The molecular weight excluding hydrogens is 558 g/mol. The maximum Gasteiger partial charge on any atom is 0.490 e. The molecule has 0 saturated heterocycles. The minimum absolute atomic E-state index is 0.261. The lowest BCUT2D eigenvalue weighted by molar-refractivity contribution is -0.193. The number of amides is 2. The second kappa shape index (κ2) is 13.4. The maximum absolute atomic E-state index is 12.9. The molecule has 4 heterocycles. The Morgan fingerprint density at radius 1 is 1.05 bits per heavy atom. The van der Waals surface area contributed by atoms with E-state index in [4.69, 9.17) is 19.8 Å². The summed E-state index contributed by atoms with van der Waals surface area (Å²) < 4.78 is 65.2. The summed E-state index contributed by atoms with van der Waals surface area (Å²) in [6, 6.07) is 5.07. The number of carboxylic acids is 2. The third-order valence-corrected chi connectivity index (χ3v) is 4.85. The molecule has 0 aromatic carbocycles. The fourth-order valence-electron chi connectivity index (χ4n) is 3.19. The van der Waals surface area contributed by atoms with Gasteiger partial charge in [-0.25, -0.2) is 24.4 Å². The standard InChI is InChI=1S/C17H20N8O.2C2HF3O2/c1-2-8-24-11-21-16(23-24)22-17(26)25-9-6-12-14(20-10-19-12)15(25)13-5-3-4-7-18-13;2*3-2(4,5)1(6)7/h3-5,7,10-11,15H,2,6,8-9H2,1H3,(H,19,20)(H,22,23,26);2*(H,6,7). The fraction of sp³-hybridized carbons (Fsp3) is 0.381. The van der Waals surface area contributed by atoms with Gasteiger partial charge in [0.2, 0.25) is 5.95 Å². The molecule has 0 radical (unpaired) electrons. The number of imidazole rings is 1. The average molecular weight is 580 g/mol. The van der Waals surface area contributed by atoms with Crippen molar-refractivity contribution in [3.05, 3.63) is 54.1 Å². The van der Waals surface area contributed by atoms with Gasteiger partial charge in [0.1, 0.15) is 12.4 Å². The van der Waals surface area contributed by atoms with Crippen molar-refractivity contribution in [1.29, 1.82) is 0 Å². The van der Waals surface area contributed by atoms with Crippen molar-refractivity contribution < 1.29 is 50.9 Å². The lowest BCUT2D eigenvalue weighted by Crippen LogP contribution is -2.43. The van der Waals surface area contributed by atoms with Crippen molar-refractivity contribution in [3.63, 3.8) is 0 Å². The number of anilines is 1. The predicted molar refractivity (Wildman–Crippen MR) is 122 cm³/mol. The van der Waals surface area contributed by atoms with E-state index in [1.165, 1.54) is 0 Å². The van der Waals surface area contributed by atoms with Gasteiger partial charge in [0.15, 0.2) is 0 Å². The van der Waals surface area contributed by atoms with E-state index in [-0.39, 0.29) is 12.1 Å². The summed E-state index contributed by atoms with van der Waals surface area (Å²) >= 11 is 0. The summed E-state index contributed by atoms with van der Waals surface area (Å²) in [6.07, 6.45) is -3.50. The van der Waals surface area contributed by atoms with Crippen LogP contribution < -0.4 is 5.32 Å². The van der Waals surface area contributed by atoms with Crippen LogP contribution in [0.3, 0.4) is 0 Å². The van der Waals surface area contributed by atoms with Crippen molar-refractivity contribution in [2.24, 2.45) is 0 Å². The highest BCUT2D eigenvalue weighted by molar-refractivity contribution is 5.88. The Kier molecular flexibility index (Phi) is 10.5. The Bertz CT molecular complexity index is 1250. The molecule has 4 N–H and O–H groups in total. The van der Waals surface area contributed by atoms with Crippen LogP contribution in [0.4, 0.5) is 37.1 Å². The number of urea groups is 1. The molecule has 1 atom stereocenters. The van der Waals surface area contributed by atoms with Crippen LogP contribution in [-0.4, -0.2) is 81.7 Å². The Hall–Kier alpha value is -4.71. The van der Waals surface area contributed by atoms with E-state index < -0.39 is 24.3 Å². The van der Waals surface area contributed by atoms with E-state index in [9.17, 15) is 31.1 Å². The summed E-state index contributed by atoms with van der Waals surface area (Å²) in [6.45, 7) is 3.38. The number of pyridine rings is 1. The smallest absolute Gasteiger partial charge is 0.475 e. The van der Waals surface area contributed by atoms with E-state index in [2.05, 4.69) is 37.3 Å². The first kappa shape index (κ1) is 31.5. The number of H-pyrrole nitrogens is 1. The van der Waals surface area contributed by atoms with E-state index in [0.29, 0.717) is 18.9 Å². The molecule has 1 unspecified atom stereocenters. The highest BCUT2D eigenvalue weighted by Gasteiger charge is 2.39. The summed E-state index contributed by atoms with van der Waals surface area (Å²) in [7, 11) is 0. The minimum atomic E-state index is -5.08. The second-order valence-corrected chi connectivity index (χ2v) is 7.73. The zero-order valence-electron chi connectivity index (χ0n) is 20.4. The van der Waals surface area contributed by atoms with Crippen LogP contribution >= 0.6 is 0 Å². The van der Waals surface area contributed by atoms with Crippen molar-refractivity contribution in [2.75, 3.05) is 11.9 Å². The summed E-state index contributed by atoms with van der Waals surface area (Å²) in [5.74, 6) is -5.21. The molecule has 19 heteroatoms. The minimum Gasteiger partial charge on any atom is -0.475 e. The number of aromatic amines is 1. The molecule has 2 amide bonds. The quantitative estimate of drug-likeness (QED) is 0.337. The summed E-state index contributed by atoms with van der Waals surface area (Å²) in [5.41, 5.74) is 2.64. The van der Waals surface area contributed by atoms with Crippen LogP contribution in [0.5, 0.6) is 0 Å². The normalized spacial score (nSPS) is 14.6. The van der Waals surface area contributed by atoms with E-state index in [1.54, 1.807) is 28.4 Å². The Balaban J connectivity index is 0.000000333. The lowest BCUT2D eigenvalue weighted by atomic mass is 10.00. The van der Waals surface area contributed by atoms with Crippen LogP contribution in [0.1, 0.15) is 36.5 Å². The molecule has 0 bridgehead atoms. The summed E-state index contributed by atoms with van der Waals surface area (Å²) in [4.78, 5) is 48.6. The SMILES string of the molecule is CCCn1cnc(NC(=O)N2CCc3[nH]cnc3C2c2ccccn2)n1.O=C(O)C(F)(F)F.O=C(O)C(F)(F)F. The number of carboxylic acid groups (broad SMARTS) is 2. The zero-order chi connectivity index (χ0) is 30.1. The largest absolute Gasteiger partial charge is 0.490 e. The number of aromatic nitrogens is 6. The van der Waals surface area contributed by atoms with Crippen LogP contribution in [0.15, 0.2) is 37.1 Å². The number of carbonyl (C=O) groups is 3. The van der Waals surface area contributed by atoms with Gasteiger partial charge < -0.3 is 20.1 Å². The number of aliphatic carboxylic acids is 2. The van der Waals surface area contributed by atoms with Crippen LogP contribution in [-0.2, 0) is 22.6 Å². The molecule has 3 aromatic rings. The number of nitrogens with zero attached hydrogens (tertiary/aromatic N) is 6. The third-order valence-electron chi connectivity index (χ3n) is 4.85. The zero-order valence-corrected chi connectivity index (χ0v) is 20.4. The Morgan fingerprint density at radius 2 is 1.68 bits per heavy atom. The topological polar surface area (TPSA) is 179 Å². The Morgan fingerprint density at radius 3 is 2.20 bits per heavy atom. The van der Waals surface area contributed by atoms with E-state index in [0.717, 1.165) is 30.0 Å². The first-order valence-electron chi connectivity index (χ1n) is 11.2. The predicted octanol–water partition coefficient (Wildman–Crippen LogP) is 3.25. The average Bonchev–Trinajstić information content (AvgIpc) is 3.53. The number of fused-ring (bicyclic) bond motifs is 1. The molecular formula is C21H22F6N8O5. The van der Waals surface area contributed by atoms with Gasteiger partial charge in [0.05, 0.1) is 17.7 Å². The first-order valence-corrected chi connectivity index (χ1v) is 11.2. The highest BCUT2D eigenvalue weighted by Crippen LogP contribution is 2.32. The van der Waals surface area contributed by atoms with Gasteiger partial charge in [-0.1, -0.05) is 13.0 Å². The molecule has 4 rings (SSSR count). The molecule has 1 aliphatic rings. The molecule has 0 fully saturated rings. The van der Waals surface area contributed by atoms with Crippen molar-refractivity contribution in [2.45, 2.75) is 44.7 Å². The highest BCUT2D eigenvalue weighted by atomic mass is 19.4. The number of nitrogens with one attached hydrogen (secondary N) is 2. The number of alkyl halides is 6. The van der Waals surface area contributed by atoms with Crippen LogP contribution in [0.25, 0.3) is 0 Å². The molecule has 1 aliphatic heterocycles. The van der Waals surface area contributed by atoms with Gasteiger partial charge in [-0.2, -0.15) is 26.3 Å². The molecule has 0 saturated carbocycles. The number of hydrogen-bond acceptors (Lipinski definition) is 7. The van der Waals surface area contributed by atoms with Gasteiger partial charge in [-0.15, -0.1) is 5.10 Å². The van der Waals surface area contributed by atoms with E-state index in [1.807, 2.05) is 18.2 Å². The molecule has 3 aromatic heterocycles. The lowest BCUT2D eigenvalue weighted by Gasteiger charge is -2.34. The van der Waals surface area contributed by atoms with Crippen molar-refractivity contribution >= 4 is 23.9 Å². The van der Waals surface area contributed by atoms with Crippen LogP contribution in [0.2, 0.25) is 0 Å². The number of carbonyl (C=O) groups excluding carboxylic acids is 1. The van der Waals surface area contributed by atoms with Crippen LogP contribution in [0, 0.1) is 0 Å². The number of rotatable bonds is 4. The van der Waals surface area contributed by atoms with Gasteiger partial charge >= 0.3 is 30.3 Å². The monoisotopic (exact) mass is 580 g/mol. The van der Waals surface area contributed by atoms with Gasteiger partial charge in [-0.05, 0) is 18.6 Å². The summed E-state index contributed by atoms with van der Waals surface area (Å²) in [5, 5.41) is 21.3.